The first kappa shape index (κ1) is 12.5. The molecule has 1 heterocycles. The lowest BCUT2D eigenvalue weighted by molar-refractivity contribution is 0.593. The highest BCUT2D eigenvalue weighted by molar-refractivity contribution is 7.91. The lowest BCUT2D eigenvalue weighted by Crippen LogP contribution is -2.03. The monoisotopic (exact) mass is 287 g/mol. The van der Waals surface area contributed by atoms with Gasteiger partial charge in [-0.1, -0.05) is 29.3 Å². The molecule has 2 rings (SSSR count). The zero-order valence-electron chi connectivity index (χ0n) is 9.27. The highest BCUT2D eigenvalue weighted by Gasteiger charge is 2.24. The molecule has 1 aromatic carbocycles. The lowest BCUT2D eigenvalue weighted by Gasteiger charge is -2.02. The number of hydrogen-bond donors (Lipinski definition) is 0. The molecule has 0 amide bonds. The summed E-state index contributed by atoms with van der Waals surface area (Å²) < 4.78 is 24.7. The number of benzene rings is 1. The maximum absolute atomic E-state index is 12.2. The predicted molar refractivity (Wildman–Crippen MR) is 68.5 cm³/mol. The molecule has 2 aromatic rings. The average molecular weight is 288 g/mol. The molecule has 0 aliphatic rings. The molecule has 0 aliphatic carbocycles. The predicted octanol–water partition coefficient (Wildman–Crippen LogP) is 3.25. The Morgan fingerprint density at radius 3 is 2.24 bits per heavy atom. The van der Waals surface area contributed by atoms with Crippen molar-refractivity contribution >= 4 is 32.8 Å². The van der Waals surface area contributed by atoms with Gasteiger partial charge in [-0.05, 0) is 26.0 Å². The number of rotatable bonds is 2. The maximum atomic E-state index is 12.2. The molecule has 0 bridgehead atoms. The van der Waals surface area contributed by atoms with E-state index in [9.17, 15) is 8.42 Å². The summed E-state index contributed by atoms with van der Waals surface area (Å²) in [5.74, 6) is 0. The van der Waals surface area contributed by atoms with Crippen molar-refractivity contribution in [2.24, 2.45) is 0 Å². The zero-order valence-corrected chi connectivity index (χ0v) is 11.7. The van der Waals surface area contributed by atoms with E-state index in [0.29, 0.717) is 5.01 Å². The molecule has 6 heteroatoms. The Morgan fingerprint density at radius 1 is 1.18 bits per heavy atom. The minimum atomic E-state index is -3.60. The van der Waals surface area contributed by atoms with Crippen LogP contribution in [0.5, 0.6) is 0 Å². The maximum Gasteiger partial charge on any atom is 0.226 e. The van der Waals surface area contributed by atoms with Gasteiger partial charge in [0.2, 0.25) is 9.84 Å². The quantitative estimate of drug-likeness (QED) is 0.852. The van der Waals surface area contributed by atoms with Gasteiger partial charge >= 0.3 is 0 Å². The number of aryl methyl sites for hydroxylation is 2. The minimum absolute atomic E-state index is 0.0504. The fourth-order valence-electron chi connectivity index (χ4n) is 1.38. The molecule has 0 saturated heterocycles. The Hall–Kier alpha value is -0.910. The fraction of sp³-hybridized carbons (Fsp3) is 0.182. The second-order valence-corrected chi connectivity index (χ2v) is 7.30. The van der Waals surface area contributed by atoms with Gasteiger partial charge in [0.15, 0.2) is 5.03 Å². The van der Waals surface area contributed by atoms with Crippen molar-refractivity contribution in [2.45, 2.75) is 23.8 Å². The second-order valence-electron chi connectivity index (χ2n) is 3.63. The molecule has 0 N–H and O–H groups in total. The Balaban J connectivity index is 2.57. The van der Waals surface area contributed by atoms with Crippen LogP contribution in [-0.2, 0) is 9.84 Å². The summed E-state index contributed by atoms with van der Waals surface area (Å²) >= 11 is 7.06. The largest absolute Gasteiger partial charge is 0.228 e. The summed E-state index contributed by atoms with van der Waals surface area (Å²) in [5.41, 5.74) is 1.00. The molecule has 0 fully saturated rings. The Labute approximate surface area is 109 Å². The van der Waals surface area contributed by atoms with Crippen LogP contribution in [0.2, 0.25) is 4.34 Å². The van der Waals surface area contributed by atoms with Gasteiger partial charge in [0, 0.05) is 0 Å². The minimum Gasteiger partial charge on any atom is -0.228 e. The molecule has 17 heavy (non-hydrogen) atoms. The molecule has 0 atom stereocenters. The van der Waals surface area contributed by atoms with Crippen molar-refractivity contribution in [1.82, 2.24) is 4.98 Å². The van der Waals surface area contributed by atoms with Crippen molar-refractivity contribution in [3.63, 3.8) is 0 Å². The standard InChI is InChI=1S/C11H10ClNO2S2/c1-7-3-5-9(6-4-7)17(14,15)11-10(12)16-8(2)13-11/h3-6H,1-2H3. The van der Waals surface area contributed by atoms with Gasteiger partial charge in [-0.2, -0.15) is 0 Å². The van der Waals surface area contributed by atoms with E-state index >= 15 is 0 Å². The van der Waals surface area contributed by atoms with E-state index in [2.05, 4.69) is 4.98 Å². The third-order valence-electron chi connectivity index (χ3n) is 2.25. The second kappa shape index (κ2) is 4.40. The van der Waals surface area contributed by atoms with Crippen LogP contribution in [0.1, 0.15) is 10.6 Å². The van der Waals surface area contributed by atoms with Gasteiger partial charge in [0.1, 0.15) is 4.34 Å². The lowest BCUT2D eigenvalue weighted by atomic mass is 10.2. The fourth-order valence-corrected chi connectivity index (χ4v) is 4.29. The van der Waals surface area contributed by atoms with Crippen molar-refractivity contribution < 1.29 is 8.42 Å². The van der Waals surface area contributed by atoms with Crippen molar-refractivity contribution in [1.29, 1.82) is 0 Å². The third kappa shape index (κ3) is 2.36. The van der Waals surface area contributed by atoms with Crippen molar-refractivity contribution in [3.05, 3.63) is 39.2 Å². The van der Waals surface area contributed by atoms with Crippen LogP contribution in [0.3, 0.4) is 0 Å². The van der Waals surface area contributed by atoms with E-state index in [1.807, 2.05) is 6.92 Å². The SMILES string of the molecule is Cc1ccc(S(=O)(=O)c2nc(C)sc2Cl)cc1. The molecular weight excluding hydrogens is 278 g/mol. The number of hydrogen-bond acceptors (Lipinski definition) is 4. The molecule has 1 aromatic heterocycles. The normalized spacial score (nSPS) is 11.7. The van der Waals surface area contributed by atoms with Gasteiger partial charge in [0.25, 0.3) is 0 Å². The Bertz CT molecular complexity index is 645. The molecule has 90 valence electrons. The Morgan fingerprint density at radius 2 is 1.76 bits per heavy atom. The van der Waals surface area contributed by atoms with Crippen LogP contribution < -0.4 is 0 Å². The van der Waals surface area contributed by atoms with E-state index < -0.39 is 9.84 Å². The van der Waals surface area contributed by atoms with E-state index in [-0.39, 0.29) is 14.3 Å². The van der Waals surface area contributed by atoms with Crippen LogP contribution in [0.25, 0.3) is 0 Å². The first-order chi connectivity index (χ1) is 7.91. The van der Waals surface area contributed by atoms with E-state index in [1.54, 1.807) is 31.2 Å². The zero-order chi connectivity index (χ0) is 12.6. The number of sulfone groups is 1. The average Bonchev–Trinajstić information content (AvgIpc) is 2.59. The van der Waals surface area contributed by atoms with E-state index in [4.69, 9.17) is 11.6 Å². The summed E-state index contributed by atoms with van der Waals surface area (Å²) in [7, 11) is -3.60. The summed E-state index contributed by atoms with van der Waals surface area (Å²) in [6.07, 6.45) is 0. The number of aromatic nitrogens is 1. The van der Waals surface area contributed by atoms with Gasteiger partial charge in [0.05, 0.1) is 9.90 Å². The summed E-state index contributed by atoms with van der Waals surface area (Å²) in [6, 6.07) is 6.63. The number of thiazole rings is 1. The third-order valence-corrected chi connectivity index (χ3v) is 5.36. The summed E-state index contributed by atoms with van der Waals surface area (Å²) in [4.78, 5) is 4.20. The van der Waals surface area contributed by atoms with E-state index in [1.165, 1.54) is 11.3 Å². The van der Waals surface area contributed by atoms with Crippen molar-refractivity contribution in [2.75, 3.05) is 0 Å². The topological polar surface area (TPSA) is 47.0 Å². The van der Waals surface area contributed by atoms with Crippen LogP contribution in [0.15, 0.2) is 34.2 Å². The first-order valence-corrected chi connectivity index (χ1v) is 7.54. The van der Waals surface area contributed by atoms with E-state index in [0.717, 1.165) is 5.56 Å². The van der Waals surface area contributed by atoms with Gasteiger partial charge < -0.3 is 0 Å². The summed E-state index contributed by atoms with van der Waals surface area (Å²) in [6.45, 7) is 3.63. The van der Waals surface area contributed by atoms with Crippen LogP contribution >= 0.6 is 22.9 Å². The van der Waals surface area contributed by atoms with Gasteiger partial charge in [-0.15, -0.1) is 11.3 Å². The highest BCUT2D eigenvalue weighted by atomic mass is 35.5. The van der Waals surface area contributed by atoms with Crippen molar-refractivity contribution in [3.8, 4) is 0 Å². The van der Waals surface area contributed by atoms with Crippen LogP contribution in [-0.4, -0.2) is 13.4 Å². The summed E-state index contributed by atoms with van der Waals surface area (Å²) in [5, 5.41) is 0.589. The molecule has 0 saturated carbocycles. The van der Waals surface area contributed by atoms with Crippen LogP contribution in [0.4, 0.5) is 0 Å². The molecule has 0 unspecified atom stereocenters. The van der Waals surface area contributed by atoms with Crippen LogP contribution in [0, 0.1) is 13.8 Å². The first-order valence-electron chi connectivity index (χ1n) is 4.86. The number of nitrogens with zero attached hydrogens (tertiary/aromatic N) is 1. The molecule has 0 radical (unpaired) electrons. The molecule has 0 aliphatic heterocycles. The Kier molecular flexibility index (Phi) is 3.25. The highest BCUT2D eigenvalue weighted by Crippen LogP contribution is 2.31. The molecular formula is C11H10ClNO2S2. The van der Waals surface area contributed by atoms with Gasteiger partial charge in [-0.3, -0.25) is 0 Å². The molecule has 3 nitrogen and oxygen atoms in total. The molecule has 0 spiro atoms. The number of halogens is 1. The smallest absolute Gasteiger partial charge is 0.226 e. The van der Waals surface area contributed by atoms with Gasteiger partial charge in [-0.25, -0.2) is 13.4 Å².